The van der Waals surface area contributed by atoms with Gasteiger partial charge in [0, 0.05) is 0 Å². The molecule has 0 bridgehead atoms. The second-order valence-electron chi connectivity index (χ2n) is 3.93. The number of aliphatic hydroxyl groups excluding tert-OH is 1. The van der Waals surface area contributed by atoms with Crippen molar-refractivity contribution in [2.24, 2.45) is 0 Å². The normalized spacial score (nSPS) is 17.9. The van der Waals surface area contributed by atoms with E-state index in [1.807, 2.05) is 31.2 Å². The number of methoxy groups -OCH3 is 1. The first-order chi connectivity index (χ1) is 9.08. The minimum Gasteiger partial charge on any atom is -0.497 e. The SMILES string of the molecule is COc1ccc(C(C)=C2SC(=S)N(CO)C2=O)cc1. The average Bonchev–Trinajstić information content (AvgIpc) is 2.72. The minimum absolute atomic E-state index is 0.245. The number of hydrogen-bond acceptors (Lipinski definition) is 5. The highest BCUT2D eigenvalue weighted by molar-refractivity contribution is 8.26. The fraction of sp³-hybridized carbons (Fsp3) is 0.231. The van der Waals surface area contributed by atoms with Crippen LogP contribution in [0, 0.1) is 0 Å². The molecule has 0 atom stereocenters. The number of allylic oxidation sites excluding steroid dienone is 1. The summed E-state index contributed by atoms with van der Waals surface area (Å²) in [7, 11) is 1.61. The number of carbonyl (C=O) groups excluding carboxylic acids is 1. The number of nitrogens with zero attached hydrogens (tertiary/aromatic N) is 1. The van der Waals surface area contributed by atoms with Crippen LogP contribution in [-0.2, 0) is 4.79 Å². The molecule has 19 heavy (non-hydrogen) atoms. The Labute approximate surface area is 121 Å². The van der Waals surface area contributed by atoms with E-state index in [0.29, 0.717) is 9.23 Å². The topological polar surface area (TPSA) is 49.8 Å². The van der Waals surface area contributed by atoms with Crippen LogP contribution in [0.3, 0.4) is 0 Å². The fourth-order valence-electron chi connectivity index (χ4n) is 1.72. The maximum atomic E-state index is 12.1. The number of carbonyl (C=O) groups is 1. The molecule has 1 saturated heterocycles. The number of benzene rings is 1. The fourth-order valence-corrected chi connectivity index (χ4v) is 3.01. The van der Waals surface area contributed by atoms with Gasteiger partial charge in [-0.05, 0) is 30.2 Å². The van der Waals surface area contributed by atoms with E-state index in [2.05, 4.69) is 0 Å². The van der Waals surface area contributed by atoms with E-state index >= 15 is 0 Å². The van der Waals surface area contributed by atoms with Gasteiger partial charge < -0.3 is 9.84 Å². The Hall–Kier alpha value is -1.37. The molecule has 1 aliphatic heterocycles. The number of amides is 1. The van der Waals surface area contributed by atoms with Crippen molar-refractivity contribution in [3.8, 4) is 5.75 Å². The van der Waals surface area contributed by atoms with Crippen molar-refractivity contribution in [2.45, 2.75) is 6.92 Å². The second-order valence-corrected chi connectivity index (χ2v) is 5.57. The molecule has 0 radical (unpaired) electrons. The molecule has 0 aromatic heterocycles. The van der Waals surface area contributed by atoms with Gasteiger partial charge in [-0.1, -0.05) is 36.1 Å². The minimum atomic E-state index is -0.385. The molecule has 1 aromatic rings. The summed E-state index contributed by atoms with van der Waals surface area (Å²) in [6.07, 6.45) is 0. The van der Waals surface area contributed by atoms with Crippen LogP contribution < -0.4 is 4.74 Å². The quantitative estimate of drug-likeness (QED) is 0.684. The van der Waals surface area contributed by atoms with Crippen molar-refractivity contribution in [2.75, 3.05) is 13.8 Å². The molecular weight excluding hydrogens is 282 g/mol. The Balaban J connectivity index is 2.36. The number of thiocarbonyl (C=S) groups is 1. The number of rotatable bonds is 3. The van der Waals surface area contributed by atoms with Gasteiger partial charge in [0.05, 0.1) is 12.0 Å². The van der Waals surface area contributed by atoms with Gasteiger partial charge in [-0.15, -0.1) is 0 Å². The molecule has 0 aliphatic carbocycles. The maximum Gasteiger partial charge on any atom is 0.268 e. The first-order valence-corrected chi connectivity index (χ1v) is 6.80. The van der Waals surface area contributed by atoms with E-state index in [1.54, 1.807) is 7.11 Å². The largest absolute Gasteiger partial charge is 0.497 e. The van der Waals surface area contributed by atoms with Gasteiger partial charge in [0.2, 0.25) is 0 Å². The molecule has 1 fully saturated rings. The molecule has 1 aliphatic rings. The smallest absolute Gasteiger partial charge is 0.268 e. The van der Waals surface area contributed by atoms with E-state index in [9.17, 15) is 4.79 Å². The summed E-state index contributed by atoms with van der Waals surface area (Å²) < 4.78 is 5.48. The third kappa shape index (κ3) is 2.65. The van der Waals surface area contributed by atoms with E-state index in [0.717, 1.165) is 16.9 Å². The van der Waals surface area contributed by atoms with Crippen LogP contribution in [0.2, 0.25) is 0 Å². The lowest BCUT2D eigenvalue weighted by Gasteiger charge is -2.09. The van der Waals surface area contributed by atoms with E-state index in [1.165, 1.54) is 16.7 Å². The van der Waals surface area contributed by atoms with E-state index in [4.69, 9.17) is 22.1 Å². The van der Waals surface area contributed by atoms with Crippen molar-refractivity contribution in [1.82, 2.24) is 4.90 Å². The van der Waals surface area contributed by atoms with Crippen LogP contribution in [0.4, 0.5) is 0 Å². The number of hydrogen-bond donors (Lipinski definition) is 1. The lowest BCUT2D eigenvalue weighted by molar-refractivity contribution is -0.124. The summed E-state index contributed by atoms with van der Waals surface area (Å²) in [6, 6.07) is 7.45. The first-order valence-electron chi connectivity index (χ1n) is 5.58. The van der Waals surface area contributed by atoms with Crippen LogP contribution in [0.5, 0.6) is 5.75 Å². The molecule has 1 heterocycles. The molecular formula is C13H13NO3S2. The van der Waals surface area contributed by atoms with Crippen molar-refractivity contribution in [1.29, 1.82) is 0 Å². The molecule has 2 rings (SSSR count). The second kappa shape index (κ2) is 5.73. The molecule has 6 heteroatoms. The third-order valence-corrected chi connectivity index (χ3v) is 4.40. The zero-order chi connectivity index (χ0) is 14.0. The summed E-state index contributed by atoms with van der Waals surface area (Å²) in [5.41, 5.74) is 1.77. The zero-order valence-electron chi connectivity index (χ0n) is 10.5. The van der Waals surface area contributed by atoms with Gasteiger partial charge >= 0.3 is 0 Å². The lowest BCUT2D eigenvalue weighted by atomic mass is 10.1. The van der Waals surface area contributed by atoms with Gasteiger partial charge in [-0.25, -0.2) is 0 Å². The molecule has 1 aromatic carbocycles. The number of thioether (sulfide) groups is 1. The Morgan fingerprint density at radius 3 is 2.53 bits per heavy atom. The zero-order valence-corrected chi connectivity index (χ0v) is 12.2. The van der Waals surface area contributed by atoms with Gasteiger partial charge in [0.1, 0.15) is 16.8 Å². The molecule has 0 unspecified atom stereocenters. The Morgan fingerprint density at radius 1 is 1.42 bits per heavy atom. The lowest BCUT2D eigenvalue weighted by Crippen LogP contribution is -2.28. The van der Waals surface area contributed by atoms with E-state index < -0.39 is 0 Å². The van der Waals surface area contributed by atoms with Crippen molar-refractivity contribution in [3.05, 3.63) is 34.7 Å². The summed E-state index contributed by atoms with van der Waals surface area (Å²) in [5, 5.41) is 9.11. The first kappa shape index (κ1) is 14.0. The monoisotopic (exact) mass is 295 g/mol. The van der Waals surface area contributed by atoms with Crippen LogP contribution in [0.25, 0.3) is 5.57 Å². The standard InChI is InChI=1S/C13H13NO3S2/c1-8(9-3-5-10(17-2)6-4-9)11-12(16)14(7-15)13(18)19-11/h3-6,15H,7H2,1-2H3. The molecule has 100 valence electrons. The van der Waals surface area contributed by atoms with Crippen LogP contribution >= 0.6 is 24.0 Å². The number of ether oxygens (including phenoxy) is 1. The highest BCUT2D eigenvalue weighted by atomic mass is 32.2. The van der Waals surface area contributed by atoms with Crippen molar-refractivity contribution in [3.63, 3.8) is 0 Å². The average molecular weight is 295 g/mol. The van der Waals surface area contributed by atoms with Crippen LogP contribution in [0.15, 0.2) is 29.2 Å². The maximum absolute atomic E-state index is 12.1. The Bertz CT molecular complexity index is 552. The van der Waals surface area contributed by atoms with Crippen molar-refractivity contribution < 1.29 is 14.6 Å². The van der Waals surface area contributed by atoms with Gasteiger partial charge in [-0.3, -0.25) is 9.69 Å². The highest BCUT2D eigenvalue weighted by Crippen LogP contribution is 2.36. The van der Waals surface area contributed by atoms with Crippen molar-refractivity contribution >= 4 is 39.8 Å². The predicted octanol–water partition coefficient (Wildman–Crippen LogP) is 2.24. The Kier molecular flexibility index (Phi) is 4.24. The summed E-state index contributed by atoms with van der Waals surface area (Å²) in [4.78, 5) is 13.8. The molecule has 4 nitrogen and oxygen atoms in total. The molecule has 0 spiro atoms. The third-order valence-electron chi connectivity index (χ3n) is 2.85. The van der Waals surface area contributed by atoms with Gasteiger partial charge in [0.25, 0.3) is 5.91 Å². The predicted molar refractivity (Wildman–Crippen MR) is 79.7 cm³/mol. The molecule has 1 N–H and O–H groups in total. The molecule has 1 amide bonds. The van der Waals surface area contributed by atoms with E-state index in [-0.39, 0.29) is 12.6 Å². The molecule has 0 saturated carbocycles. The van der Waals surface area contributed by atoms with Gasteiger partial charge in [0.15, 0.2) is 0 Å². The van der Waals surface area contributed by atoms with Crippen LogP contribution in [0.1, 0.15) is 12.5 Å². The van der Waals surface area contributed by atoms with Gasteiger partial charge in [-0.2, -0.15) is 0 Å². The Morgan fingerprint density at radius 2 is 2.05 bits per heavy atom. The van der Waals surface area contributed by atoms with Crippen LogP contribution in [-0.4, -0.2) is 34.1 Å². The summed E-state index contributed by atoms with van der Waals surface area (Å²) in [6.45, 7) is 1.48. The number of aliphatic hydroxyl groups is 1. The summed E-state index contributed by atoms with van der Waals surface area (Å²) >= 11 is 6.27. The highest BCUT2D eigenvalue weighted by Gasteiger charge is 2.33. The summed E-state index contributed by atoms with van der Waals surface area (Å²) in [5.74, 6) is 0.519.